The maximum absolute atomic E-state index is 3.68. The van der Waals surface area contributed by atoms with E-state index in [9.17, 15) is 0 Å². The highest BCUT2D eigenvalue weighted by atomic mass is 15.1. The van der Waals surface area contributed by atoms with Crippen molar-refractivity contribution < 1.29 is 0 Å². The van der Waals surface area contributed by atoms with Crippen molar-refractivity contribution in [2.45, 2.75) is 0 Å². The van der Waals surface area contributed by atoms with Crippen molar-refractivity contribution >= 4 is 0 Å². The zero-order valence-corrected chi connectivity index (χ0v) is 4.85. The molecular formula is C6H12N. The van der Waals surface area contributed by atoms with Crippen LogP contribution in [0.25, 0.3) is 0 Å². The molecular weight excluding hydrogens is 86.1 g/mol. The Morgan fingerprint density at radius 1 is 1.71 bits per heavy atom. The highest BCUT2D eigenvalue weighted by Crippen LogP contribution is 1.76. The molecule has 0 aromatic carbocycles. The summed E-state index contributed by atoms with van der Waals surface area (Å²) in [6.45, 7) is 9.05. The summed E-state index contributed by atoms with van der Waals surface area (Å²) >= 11 is 0. The summed E-state index contributed by atoms with van der Waals surface area (Å²) in [6, 6.07) is 0. The summed E-state index contributed by atoms with van der Waals surface area (Å²) < 4.78 is 0. The minimum Gasteiger partial charge on any atom is -0.303 e. The van der Waals surface area contributed by atoms with E-state index in [2.05, 4.69) is 18.4 Å². The summed E-state index contributed by atoms with van der Waals surface area (Å²) in [4.78, 5) is 2.08. The van der Waals surface area contributed by atoms with E-state index in [1.807, 2.05) is 13.1 Å². The lowest BCUT2D eigenvalue weighted by molar-refractivity contribution is 0.411. The van der Waals surface area contributed by atoms with Crippen molar-refractivity contribution in [2.75, 3.05) is 20.1 Å². The molecule has 0 saturated heterocycles. The van der Waals surface area contributed by atoms with Crippen LogP contribution in [0.2, 0.25) is 0 Å². The van der Waals surface area contributed by atoms with E-state index in [4.69, 9.17) is 0 Å². The van der Waals surface area contributed by atoms with Crippen LogP contribution >= 0.6 is 0 Å². The molecule has 0 N–H and O–H groups in total. The molecule has 0 bridgehead atoms. The van der Waals surface area contributed by atoms with Crippen LogP contribution in [0.3, 0.4) is 0 Å². The molecule has 0 aromatic heterocycles. The van der Waals surface area contributed by atoms with Crippen LogP contribution < -0.4 is 0 Å². The molecule has 0 aliphatic carbocycles. The normalized spacial score (nSPS) is 9.57. The summed E-state index contributed by atoms with van der Waals surface area (Å²) in [5.74, 6) is 0. The quantitative estimate of drug-likeness (QED) is 0.475. The fraction of sp³-hybridized carbons (Fsp3) is 0.500. The van der Waals surface area contributed by atoms with Gasteiger partial charge in [-0.15, -0.1) is 6.58 Å². The Balaban J connectivity index is 2.98. The third-order valence-electron chi connectivity index (χ3n) is 0.822. The predicted molar refractivity (Wildman–Crippen MR) is 33.1 cm³/mol. The van der Waals surface area contributed by atoms with Gasteiger partial charge in [0.2, 0.25) is 0 Å². The largest absolute Gasteiger partial charge is 0.303 e. The van der Waals surface area contributed by atoms with Gasteiger partial charge in [-0.3, -0.25) is 0 Å². The van der Waals surface area contributed by atoms with Gasteiger partial charge in [-0.2, -0.15) is 0 Å². The van der Waals surface area contributed by atoms with Crippen LogP contribution in [0.4, 0.5) is 0 Å². The first-order valence-electron chi connectivity index (χ1n) is 2.40. The maximum atomic E-state index is 3.68. The lowest BCUT2D eigenvalue weighted by Gasteiger charge is -2.08. The molecule has 0 aliphatic heterocycles. The standard InChI is InChI=1S/C6H12N/c1-4-6-7(3)5-2/h4H,1-2,5-6H2,3H3. The maximum Gasteiger partial charge on any atom is 0.0157 e. The SMILES string of the molecule is [CH2]CN(C)CC=C. The van der Waals surface area contributed by atoms with Gasteiger partial charge in [0, 0.05) is 6.54 Å². The number of likely N-dealkylation sites (N-methyl/N-ethyl adjacent to an activating group) is 1. The average molecular weight is 98.2 g/mol. The van der Waals surface area contributed by atoms with Crippen LogP contribution in [-0.4, -0.2) is 25.0 Å². The number of hydrogen-bond donors (Lipinski definition) is 0. The second-order valence-electron chi connectivity index (χ2n) is 1.55. The van der Waals surface area contributed by atoms with Crippen LogP contribution in [0.15, 0.2) is 12.7 Å². The lowest BCUT2D eigenvalue weighted by Crippen LogP contribution is -2.16. The zero-order valence-electron chi connectivity index (χ0n) is 4.85. The Labute approximate surface area is 45.6 Å². The second kappa shape index (κ2) is 3.88. The van der Waals surface area contributed by atoms with Crippen LogP contribution in [0, 0.1) is 6.92 Å². The Kier molecular flexibility index (Phi) is 3.71. The van der Waals surface area contributed by atoms with E-state index in [0.717, 1.165) is 13.1 Å². The molecule has 1 heteroatoms. The van der Waals surface area contributed by atoms with Gasteiger partial charge in [-0.25, -0.2) is 0 Å². The minimum atomic E-state index is 0.853. The summed E-state index contributed by atoms with van der Waals surface area (Å²) in [5, 5.41) is 0. The van der Waals surface area contributed by atoms with E-state index in [1.54, 1.807) is 0 Å². The van der Waals surface area contributed by atoms with Gasteiger partial charge in [-0.05, 0) is 20.5 Å². The van der Waals surface area contributed by atoms with Crippen LogP contribution in [0.1, 0.15) is 0 Å². The summed E-state index contributed by atoms with van der Waals surface area (Å²) in [7, 11) is 2.01. The van der Waals surface area contributed by atoms with Crippen molar-refractivity contribution in [3.63, 3.8) is 0 Å². The van der Waals surface area contributed by atoms with Crippen molar-refractivity contribution in [3.8, 4) is 0 Å². The van der Waals surface area contributed by atoms with Gasteiger partial charge in [0.15, 0.2) is 0 Å². The smallest absolute Gasteiger partial charge is 0.0157 e. The average Bonchev–Trinajstić information content (AvgIpc) is 1.68. The Hall–Kier alpha value is -0.300. The molecule has 1 radical (unpaired) electrons. The molecule has 41 valence electrons. The van der Waals surface area contributed by atoms with Gasteiger partial charge in [0.25, 0.3) is 0 Å². The Morgan fingerprint density at radius 2 is 2.29 bits per heavy atom. The molecule has 0 amide bonds. The van der Waals surface area contributed by atoms with Gasteiger partial charge in [0.1, 0.15) is 0 Å². The van der Waals surface area contributed by atoms with Crippen molar-refractivity contribution in [3.05, 3.63) is 19.6 Å². The highest BCUT2D eigenvalue weighted by Gasteiger charge is 1.84. The topological polar surface area (TPSA) is 3.24 Å². The fourth-order valence-electron chi connectivity index (χ4n) is 0.312. The van der Waals surface area contributed by atoms with Crippen LogP contribution in [-0.2, 0) is 0 Å². The molecule has 0 heterocycles. The van der Waals surface area contributed by atoms with Gasteiger partial charge < -0.3 is 4.90 Å². The molecule has 0 unspecified atom stereocenters. The van der Waals surface area contributed by atoms with Crippen molar-refractivity contribution in [1.29, 1.82) is 0 Å². The first kappa shape index (κ1) is 6.70. The van der Waals surface area contributed by atoms with E-state index in [0.29, 0.717) is 0 Å². The third-order valence-corrected chi connectivity index (χ3v) is 0.822. The van der Waals surface area contributed by atoms with E-state index in [-0.39, 0.29) is 0 Å². The lowest BCUT2D eigenvalue weighted by atomic mass is 10.5. The molecule has 0 spiro atoms. The van der Waals surface area contributed by atoms with Gasteiger partial charge in [0.05, 0.1) is 0 Å². The zero-order chi connectivity index (χ0) is 5.70. The molecule has 0 aliphatic rings. The second-order valence-corrected chi connectivity index (χ2v) is 1.55. The summed E-state index contributed by atoms with van der Waals surface area (Å²) in [5.41, 5.74) is 0. The van der Waals surface area contributed by atoms with Crippen molar-refractivity contribution in [2.24, 2.45) is 0 Å². The predicted octanol–water partition coefficient (Wildman–Crippen LogP) is 0.938. The number of hydrogen-bond acceptors (Lipinski definition) is 1. The van der Waals surface area contributed by atoms with Crippen LogP contribution in [0.5, 0.6) is 0 Å². The molecule has 0 aromatic rings. The van der Waals surface area contributed by atoms with Crippen molar-refractivity contribution in [1.82, 2.24) is 4.90 Å². The Morgan fingerprint density at radius 3 is 2.43 bits per heavy atom. The first-order valence-corrected chi connectivity index (χ1v) is 2.40. The molecule has 0 saturated carbocycles. The van der Waals surface area contributed by atoms with Gasteiger partial charge in [-0.1, -0.05) is 6.08 Å². The Bertz CT molecular complexity index is 50.1. The van der Waals surface area contributed by atoms with Gasteiger partial charge >= 0.3 is 0 Å². The number of rotatable bonds is 3. The number of nitrogens with zero attached hydrogens (tertiary/aromatic N) is 1. The molecule has 0 atom stereocenters. The molecule has 0 fully saturated rings. The van der Waals surface area contributed by atoms with E-state index < -0.39 is 0 Å². The molecule has 7 heavy (non-hydrogen) atoms. The first-order chi connectivity index (χ1) is 3.31. The van der Waals surface area contributed by atoms with E-state index >= 15 is 0 Å². The monoisotopic (exact) mass is 98.1 g/mol. The highest BCUT2D eigenvalue weighted by molar-refractivity contribution is 4.70. The fourth-order valence-corrected chi connectivity index (χ4v) is 0.312. The molecule has 0 rings (SSSR count). The van der Waals surface area contributed by atoms with E-state index in [1.165, 1.54) is 0 Å². The third kappa shape index (κ3) is 3.53. The molecule has 1 nitrogen and oxygen atoms in total. The summed E-state index contributed by atoms with van der Waals surface area (Å²) in [6.07, 6.45) is 1.87. The minimum absolute atomic E-state index is 0.853.